The summed E-state index contributed by atoms with van der Waals surface area (Å²) in [6.07, 6.45) is 1.68. The minimum Gasteiger partial charge on any atom is -0.303 e. The predicted octanol–water partition coefficient (Wildman–Crippen LogP) is 6.24. The molecule has 1 aliphatic heterocycles. The number of carbonyl (C=O) groups excluding carboxylic acids is 2. The van der Waals surface area contributed by atoms with Crippen molar-refractivity contribution in [2.75, 3.05) is 0 Å². The van der Waals surface area contributed by atoms with Gasteiger partial charge in [0, 0.05) is 19.8 Å². The fraction of sp³-hybridized carbons (Fsp3) is 0.0435. The monoisotopic (exact) mass is 454 g/mol. The lowest BCUT2D eigenvalue weighted by Crippen LogP contribution is -2.30. The molecule has 1 heterocycles. The molecule has 1 fully saturated rings. The molecule has 7 heteroatoms. The summed E-state index contributed by atoms with van der Waals surface area (Å²) in [7, 11) is 0. The molecule has 1 aliphatic rings. The van der Waals surface area contributed by atoms with Gasteiger partial charge in [-0.05, 0) is 65.7 Å². The van der Waals surface area contributed by atoms with Gasteiger partial charge in [-0.1, -0.05) is 59.2 Å². The number of rotatable bonds is 5. The number of urea groups is 1. The molecule has 1 N–H and O–H groups in total. The first-order valence-electron chi connectivity index (χ1n) is 9.10. The van der Waals surface area contributed by atoms with Gasteiger partial charge in [-0.15, -0.1) is 0 Å². The first-order chi connectivity index (χ1) is 14.5. The van der Waals surface area contributed by atoms with Crippen LogP contribution in [0.25, 0.3) is 6.08 Å². The SMILES string of the molecule is O=C1N/C(=C\c2ccc(Sc3ccc(Cl)cc3)cc2)C(=O)N1Cc1ccc(Cl)cc1. The van der Waals surface area contributed by atoms with Crippen molar-refractivity contribution in [3.8, 4) is 0 Å². The van der Waals surface area contributed by atoms with E-state index >= 15 is 0 Å². The smallest absolute Gasteiger partial charge is 0.303 e. The Balaban J connectivity index is 1.45. The predicted molar refractivity (Wildman–Crippen MR) is 121 cm³/mol. The van der Waals surface area contributed by atoms with Crippen LogP contribution in [-0.2, 0) is 11.3 Å². The number of amides is 3. The molecule has 3 aromatic carbocycles. The normalized spacial score (nSPS) is 15.0. The van der Waals surface area contributed by atoms with Crippen molar-refractivity contribution in [3.05, 3.63) is 99.7 Å². The Hall–Kier alpha value is -2.73. The molecule has 1 saturated heterocycles. The molecule has 3 amide bonds. The summed E-state index contributed by atoms with van der Waals surface area (Å²) in [5, 5.41) is 3.96. The molecule has 4 rings (SSSR count). The van der Waals surface area contributed by atoms with E-state index in [2.05, 4.69) is 5.32 Å². The molecule has 0 radical (unpaired) electrons. The van der Waals surface area contributed by atoms with Gasteiger partial charge in [0.05, 0.1) is 6.54 Å². The number of nitrogens with zero attached hydrogens (tertiary/aromatic N) is 1. The fourth-order valence-electron chi connectivity index (χ4n) is 2.93. The number of hydrogen-bond acceptors (Lipinski definition) is 3. The number of carbonyl (C=O) groups is 2. The maximum atomic E-state index is 12.7. The van der Waals surface area contributed by atoms with Gasteiger partial charge in [-0.25, -0.2) is 4.79 Å². The number of nitrogens with one attached hydrogen (secondary N) is 1. The summed E-state index contributed by atoms with van der Waals surface area (Å²) in [5.74, 6) is -0.352. The molecule has 3 aromatic rings. The third-order valence-corrected chi connectivity index (χ3v) is 5.98. The van der Waals surface area contributed by atoms with Crippen molar-refractivity contribution in [1.29, 1.82) is 0 Å². The van der Waals surface area contributed by atoms with Gasteiger partial charge in [0.15, 0.2) is 0 Å². The van der Waals surface area contributed by atoms with Crippen molar-refractivity contribution in [2.45, 2.75) is 16.3 Å². The molecular weight excluding hydrogens is 439 g/mol. The largest absolute Gasteiger partial charge is 0.329 e. The van der Waals surface area contributed by atoms with Crippen LogP contribution in [0.4, 0.5) is 4.79 Å². The Morgan fingerprint density at radius 3 is 1.93 bits per heavy atom. The van der Waals surface area contributed by atoms with Crippen molar-refractivity contribution in [3.63, 3.8) is 0 Å². The van der Waals surface area contributed by atoms with Crippen LogP contribution in [0.2, 0.25) is 10.0 Å². The van der Waals surface area contributed by atoms with Crippen LogP contribution in [0, 0.1) is 0 Å². The van der Waals surface area contributed by atoms with E-state index in [1.54, 1.807) is 42.1 Å². The molecule has 0 atom stereocenters. The summed E-state index contributed by atoms with van der Waals surface area (Å²) in [6, 6.07) is 22.0. The summed E-state index contributed by atoms with van der Waals surface area (Å²) in [5.41, 5.74) is 1.91. The van der Waals surface area contributed by atoms with Crippen LogP contribution >= 0.6 is 35.0 Å². The van der Waals surface area contributed by atoms with Gasteiger partial charge in [0.25, 0.3) is 5.91 Å². The second-order valence-corrected chi connectivity index (χ2v) is 8.65. The average molecular weight is 455 g/mol. The fourth-order valence-corrected chi connectivity index (χ4v) is 3.99. The molecule has 30 heavy (non-hydrogen) atoms. The van der Waals surface area contributed by atoms with Crippen LogP contribution in [-0.4, -0.2) is 16.8 Å². The van der Waals surface area contributed by atoms with Crippen LogP contribution in [0.1, 0.15) is 11.1 Å². The maximum Gasteiger partial charge on any atom is 0.329 e. The topological polar surface area (TPSA) is 49.4 Å². The maximum absolute atomic E-state index is 12.7. The number of halogens is 2. The summed E-state index contributed by atoms with van der Waals surface area (Å²) < 4.78 is 0. The molecule has 0 saturated carbocycles. The van der Waals surface area contributed by atoms with E-state index in [0.717, 1.165) is 20.9 Å². The van der Waals surface area contributed by atoms with Gasteiger partial charge < -0.3 is 5.32 Å². The first kappa shape index (κ1) is 20.5. The van der Waals surface area contributed by atoms with Gasteiger partial charge in [-0.2, -0.15) is 0 Å². The van der Waals surface area contributed by atoms with E-state index in [0.29, 0.717) is 10.0 Å². The Morgan fingerprint density at radius 2 is 1.33 bits per heavy atom. The molecule has 0 bridgehead atoms. The Bertz CT molecular complexity index is 1110. The van der Waals surface area contributed by atoms with Crippen LogP contribution < -0.4 is 5.32 Å². The molecule has 0 aliphatic carbocycles. The molecule has 0 unspecified atom stereocenters. The van der Waals surface area contributed by atoms with Crippen LogP contribution in [0.3, 0.4) is 0 Å². The zero-order chi connectivity index (χ0) is 21.1. The van der Waals surface area contributed by atoms with Crippen molar-refractivity contribution < 1.29 is 9.59 Å². The average Bonchev–Trinajstić information content (AvgIpc) is 3.00. The summed E-state index contributed by atoms with van der Waals surface area (Å²) in [6.45, 7) is 0.190. The van der Waals surface area contributed by atoms with E-state index in [-0.39, 0.29) is 18.1 Å². The number of imide groups is 1. The van der Waals surface area contributed by atoms with Gasteiger partial charge in [-0.3, -0.25) is 9.69 Å². The Kier molecular flexibility index (Phi) is 6.13. The van der Waals surface area contributed by atoms with E-state index in [9.17, 15) is 9.59 Å². The quantitative estimate of drug-likeness (QED) is 0.366. The van der Waals surface area contributed by atoms with Crippen LogP contribution in [0.5, 0.6) is 0 Å². The van der Waals surface area contributed by atoms with Gasteiger partial charge >= 0.3 is 6.03 Å². The Morgan fingerprint density at radius 1 is 0.800 bits per heavy atom. The molecule has 0 spiro atoms. The lowest BCUT2D eigenvalue weighted by atomic mass is 10.2. The highest BCUT2D eigenvalue weighted by molar-refractivity contribution is 7.99. The molecule has 4 nitrogen and oxygen atoms in total. The molecular formula is C23H16Cl2N2O2S. The van der Waals surface area contributed by atoms with Crippen molar-refractivity contribution >= 4 is 53.0 Å². The zero-order valence-corrected chi connectivity index (χ0v) is 18.0. The second-order valence-electron chi connectivity index (χ2n) is 6.63. The standard InChI is InChI=1S/C23H16Cl2N2O2S/c24-17-5-1-16(2-6-17)14-27-22(28)21(26-23(27)29)13-15-3-9-19(10-4-15)30-20-11-7-18(25)8-12-20/h1-13H,14H2,(H,26,29)/b21-13-. The number of benzene rings is 3. The number of hydrogen-bond donors (Lipinski definition) is 1. The van der Waals surface area contributed by atoms with Crippen LogP contribution in [0.15, 0.2) is 88.3 Å². The van der Waals surface area contributed by atoms with Crippen molar-refractivity contribution in [2.24, 2.45) is 0 Å². The van der Waals surface area contributed by atoms with E-state index in [1.807, 2.05) is 48.5 Å². The lowest BCUT2D eigenvalue weighted by molar-refractivity contribution is -0.123. The van der Waals surface area contributed by atoms with E-state index in [1.165, 1.54) is 4.90 Å². The third kappa shape index (κ3) is 4.87. The van der Waals surface area contributed by atoms with E-state index < -0.39 is 6.03 Å². The minimum absolute atomic E-state index is 0.190. The second kappa shape index (κ2) is 8.96. The summed E-state index contributed by atoms with van der Waals surface area (Å²) in [4.78, 5) is 28.2. The zero-order valence-electron chi connectivity index (χ0n) is 15.6. The molecule has 150 valence electrons. The Labute approximate surface area is 188 Å². The highest BCUT2D eigenvalue weighted by Gasteiger charge is 2.33. The molecule has 0 aromatic heterocycles. The lowest BCUT2D eigenvalue weighted by Gasteiger charge is -2.11. The summed E-state index contributed by atoms with van der Waals surface area (Å²) >= 11 is 13.4. The highest BCUT2D eigenvalue weighted by Crippen LogP contribution is 2.29. The van der Waals surface area contributed by atoms with E-state index in [4.69, 9.17) is 23.2 Å². The van der Waals surface area contributed by atoms with Crippen molar-refractivity contribution in [1.82, 2.24) is 10.2 Å². The van der Waals surface area contributed by atoms with Gasteiger partial charge in [0.2, 0.25) is 0 Å². The first-order valence-corrected chi connectivity index (χ1v) is 10.7. The van der Waals surface area contributed by atoms with Gasteiger partial charge in [0.1, 0.15) is 5.70 Å². The highest BCUT2D eigenvalue weighted by atomic mass is 35.5. The third-order valence-electron chi connectivity index (χ3n) is 4.46. The minimum atomic E-state index is -0.434.